The van der Waals surface area contributed by atoms with Gasteiger partial charge in [0.1, 0.15) is 29.9 Å². The second kappa shape index (κ2) is 9.80. The Labute approximate surface area is 168 Å². The first-order valence-electron chi connectivity index (χ1n) is 8.48. The molecule has 10 heteroatoms. The molecule has 2 amide bonds. The van der Waals surface area contributed by atoms with E-state index >= 15 is 0 Å². The first kappa shape index (κ1) is 20.5. The predicted octanol–water partition coefficient (Wildman–Crippen LogP) is 2.90. The van der Waals surface area contributed by atoms with Crippen LogP contribution in [-0.2, 0) is 22.7 Å². The number of nitrogens with one attached hydrogen (secondary N) is 2. The highest BCUT2D eigenvalue weighted by Crippen LogP contribution is 2.14. The van der Waals surface area contributed by atoms with Crippen molar-refractivity contribution in [3.63, 3.8) is 0 Å². The van der Waals surface area contributed by atoms with E-state index in [1.54, 1.807) is 12.1 Å². The van der Waals surface area contributed by atoms with Crippen molar-refractivity contribution in [3.8, 4) is 0 Å². The Morgan fingerprint density at radius 3 is 2.59 bits per heavy atom. The van der Waals surface area contributed by atoms with Gasteiger partial charge in [0.25, 0.3) is 5.91 Å². The highest BCUT2D eigenvalue weighted by atomic mass is 32.1. The van der Waals surface area contributed by atoms with Gasteiger partial charge in [0.15, 0.2) is 0 Å². The van der Waals surface area contributed by atoms with E-state index in [9.17, 15) is 18.4 Å². The standard InChI is InChI=1S/C19H16F2N4O3S/c20-13-4-6-15(7-5-13)23-18(27)19-25-24-17(29-19)11-28-10-16(26)22-9-12-2-1-3-14(21)8-12/h1-8H,9-11H2,(H,22,26)(H,23,27). The molecule has 3 aromatic rings. The van der Waals surface area contributed by atoms with Crippen LogP contribution in [0.4, 0.5) is 14.5 Å². The molecule has 2 aromatic carbocycles. The SMILES string of the molecule is O=C(COCc1nnc(C(=O)Nc2ccc(F)cc2)s1)NCc1cccc(F)c1. The Hall–Kier alpha value is -3.24. The Kier molecular flexibility index (Phi) is 6.93. The summed E-state index contributed by atoms with van der Waals surface area (Å²) in [6.45, 7) is -0.0205. The molecule has 7 nitrogen and oxygen atoms in total. The van der Waals surface area contributed by atoms with Gasteiger partial charge in [0.05, 0.1) is 0 Å². The van der Waals surface area contributed by atoms with E-state index in [2.05, 4.69) is 20.8 Å². The molecule has 0 saturated carbocycles. The molecular weight excluding hydrogens is 402 g/mol. The van der Waals surface area contributed by atoms with Crippen molar-refractivity contribution in [2.24, 2.45) is 0 Å². The molecular formula is C19H16F2N4O3S. The minimum absolute atomic E-state index is 0.00881. The molecule has 0 spiro atoms. The van der Waals surface area contributed by atoms with Gasteiger partial charge < -0.3 is 15.4 Å². The van der Waals surface area contributed by atoms with Gasteiger partial charge in [-0.1, -0.05) is 23.5 Å². The van der Waals surface area contributed by atoms with Gasteiger partial charge in [-0.25, -0.2) is 8.78 Å². The lowest BCUT2D eigenvalue weighted by Gasteiger charge is -2.05. The molecule has 0 unspecified atom stereocenters. The van der Waals surface area contributed by atoms with Gasteiger partial charge in [-0.2, -0.15) is 0 Å². The molecule has 0 saturated heterocycles. The number of aromatic nitrogens is 2. The molecule has 150 valence electrons. The molecule has 0 aliphatic heterocycles. The number of anilines is 1. The summed E-state index contributed by atoms with van der Waals surface area (Å²) in [5.74, 6) is -1.62. The lowest BCUT2D eigenvalue weighted by atomic mass is 10.2. The van der Waals surface area contributed by atoms with Crippen LogP contribution >= 0.6 is 11.3 Å². The maximum absolute atomic E-state index is 13.1. The van der Waals surface area contributed by atoms with Gasteiger partial charge in [-0.05, 0) is 42.0 Å². The van der Waals surface area contributed by atoms with Gasteiger partial charge in [-0.3, -0.25) is 9.59 Å². The number of carbonyl (C=O) groups is 2. The lowest BCUT2D eigenvalue weighted by Crippen LogP contribution is -2.27. The van der Waals surface area contributed by atoms with E-state index in [-0.39, 0.29) is 36.5 Å². The van der Waals surface area contributed by atoms with Crippen LogP contribution < -0.4 is 10.6 Å². The van der Waals surface area contributed by atoms with Crippen molar-refractivity contribution >= 4 is 28.8 Å². The molecule has 0 aliphatic carbocycles. The van der Waals surface area contributed by atoms with Crippen LogP contribution in [-0.4, -0.2) is 28.6 Å². The number of rotatable bonds is 8. The summed E-state index contributed by atoms with van der Waals surface area (Å²) >= 11 is 1.02. The maximum Gasteiger partial charge on any atom is 0.286 e. The van der Waals surface area contributed by atoms with Crippen LogP contribution in [0.3, 0.4) is 0 Å². The number of hydrogen-bond acceptors (Lipinski definition) is 6. The average Bonchev–Trinajstić information content (AvgIpc) is 3.17. The van der Waals surface area contributed by atoms with Gasteiger partial charge in [-0.15, -0.1) is 10.2 Å². The lowest BCUT2D eigenvalue weighted by molar-refractivity contribution is -0.126. The highest BCUT2D eigenvalue weighted by Gasteiger charge is 2.13. The van der Waals surface area contributed by atoms with Gasteiger partial charge in [0, 0.05) is 12.2 Å². The Bertz CT molecular complexity index is 995. The van der Waals surface area contributed by atoms with Crippen molar-refractivity contribution < 1.29 is 23.1 Å². The van der Waals surface area contributed by atoms with Crippen LogP contribution in [0, 0.1) is 11.6 Å². The van der Waals surface area contributed by atoms with Crippen LogP contribution in [0.5, 0.6) is 0 Å². The molecule has 0 bridgehead atoms. The predicted molar refractivity (Wildman–Crippen MR) is 102 cm³/mol. The minimum atomic E-state index is -0.479. The summed E-state index contributed by atoms with van der Waals surface area (Å²) in [4.78, 5) is 23.9. The van der Waals surface area contributed by atoms with Crippen molar-refractivity contribution in [2.75, 3.05) is 11.9 Å². The Morgan fingerprint density at radius 2 is 1.83 bits per heavy atom. The van der Waals surface area contributed by atoms with Crippen LogP contribution in [0.25, 0.3) is 0 Å². The molecule has 0 radical (unpaired) electrons. The van der Waals surface area contributed by atoms with Crippen molar-refractivity contribution in [1.82, 2.24) is 15.5 Å². The van der Waals surface area contributed by atoms with E-state index in [1.165, 1.54) is 36.4 Å². The van der Waals surface area contributed by atoms with Crippen molar-refractivity contribution in [3.05, 3.63) is 75.7 Å². The van der Waals surface area contributed by atoms with Crippen molar-refractivity contribution in [2.45, 2.75) is 13.2 Å². The third-order valence-corrected chi connectivity index (χ3v) is 4.50. The summed E-state index contributed by atoms with van der Waals surface area (Å²) in [7, 11) is 0. The molecule has 0 fully saturated rings. The Morgan fingerprint density at radius 1 is 1.03 bits per heavy atom. The third kappa shape index (κ3) is 6.40. The number of nitrogens with zero attached hydrogens (tertiary/aromatic N) is 2. The molecule has 3 rings (SSSR count). The summed E-state index contributed by atoms with van der Waals surface area (Å²) in [5.41, 5.74) is 1.07. The van der Waals surface area contributed by atoms with Gasteiger partial charge >= 0.3 is 0 Å². The zero-order valence-electron chi connectivity index (χ0n) is 15.0. The number of ether oxygens (including phenoxy) is 1. The monoisotopic (exact) mass is 418 g/mol. The number of hydrogen-bond donors (Lipinski definition) is 2. The molecule has 29 heavy (non-hydrogen) atoms. The topological polar surface area (TPSA) is 93.2 Å². The van der Waals surface area contributed by atoms with Crippen LogP contribution in [0.15, 0.2) is 48.5 Å². The Balaban J connectivity index is 1.41. The second-order valence-electron chi connectivity index (χ2n) is 5.86. The number of amides is 2. The number of carbonyl (C=O) groups excluding carboxylic acids is 2. The third-order valence-electron chi connectivity index (χ3n) is 3.60. The highest BCUT2D eigenvalue weighted by molar-refractivity contribution is 7.13. The fourth-order valence-corrected chi connectivity index (χ4v) is 2.92. The van der Waals surface area contributed by atoms with E-state index in [0.717, 1.165) is 11.3 Å². The van der Waals surface area contributed by atoms with E-state index in [4.69, 9.17) is 4.74 Å². The fraction of sp³-hybridized carbons (Fsp3) is 0.158. The summed E-state index contributed by atoms with van der Waals surface area (Å²) in [5, 5.41) is 13.4. The van der Waals surface area contributed by atoms with E-state index in [1.807, 2.05) is 0 Å². The average molecular weight is 418 g/mol. The zero-order chi connectivity index (χ0) is 20.6. The molecule has 1 heterocycles. The molecule has 1 aromatic heterocycles. The smallest absolute Gasteiger partial charge is 0.286 e. The molecule has 0 atom stereocenters. The van der Waals surface area contributed by atoms with Crippen LogP contribution in [0.1, 0.15) is 20.4 Å². The first-order valence-corrected chi connectivity index (χ1v) is 9.29. The van der Waals surface area contributed by atoms with E-state index < -0.39 is 11.7 Å². The molecule has 2 N–H and O–H groups in total. The number of benzene rings is 2. The van der Waals surface area contributed by atoms with E-state index in [0.29, 0.717) is 16.3 Å². The summed E-state index contributed by atoms with van der Waals surface area (Å²) in [6, 6.07) is 11.2. The fourth-order valence-electron chi connectivity index (χ4n) is 2.25. The molecule has 0 aliphatic rings. The summed E-state index contributed by atoms with van der Waals surface area (Å²) in [6.07, 6.45) is 0. The normalized spacial score (nSPS) is 10.6. The largest absolute Gasteiger partial charge is 0.364 e. The maximum atomic E-state index is 13.1. The zero-order valence-corrected chi connectivity index (χ0v) is 15.8. The second-order valence-corrected chi connectivity index (χ2v) is 6.92. The van der Waals surface area contributed by atoms with Crippen molar-refractivity contribution in [1.29, 1.82) is 0 Å². The van der Waals surface area contributed by atoms with Crippen LogP contribution in [0.2, 0.25) is 0 Å². The van der Waals surface area contributed by atoms with Gasteiger partial charge in [0.2, 0.25) is 10.9 Å². The minimum Gasteiger partial charge on any atom is -0.364 e. The number of halogens is 2. The quantitative estimate of drug-likeness (QED) is 0.587. The summed E-state index contributed by atoms with van der Waals surface area (Å²) < 4.78 is 31.2. The first-order chi connectivity index (χ1) is 14.0.